The summed E-state index contributed by atoms with van der Waals surface area (Å²) in [5.41, 5.74) is 3.93. The van der Waals surface area contributed by atoms with E-state index in [1.807, 2.05) is 17.0 Å². The van der Waals surface area contributed by atoms with Crippen LogP contribution in [0.25, 0.3) is 0 Å². The normalized spacial score (nSPS) is 14.1. The van der Waals surface area contributed by atoms with E-state index >= 15 is 0 Å². The van der Waals surface area contributed by atoms with Gasteiger partial charge < -0.3 is 10.2 Å². The number of aryl methyl sites for hydroxylation is 1. The van der Waals surface area contributed by atoms with Crippen LogP contribution < -0.4 is 5.32 Å². The number of amides is 1. The fraction of sp³-hybridized carbons (Fsp3) is 0.333. The van der Waals surface area contributed by atoms with E-state index < -0.39 is 0 Å². The van der Waals surface area contributed by atoms with Crippen LogP contribution in [0.1, 0.15) is 34.5 Å². The van der Waals surface area contributed by atoms with Gasteiger partial charge in [0.2, 0.25) is 0 Å². The van der Waals surface area contributed by atoms with Crippen molar-refractivity contribution in [3.63, 3.8) is 0 Å². The Kier molecular flexibility index (Phi) is 4.37. The second-order valence-electron chi connectivity index (χ2n) is 5.77. The first-order valence-electron chi connectivity index (χ1n) is 7.77. The van der Waals surface area contributed by atoms with Gasteiger partial charge in [-0.15, -0.1) is 0 Å². The fourth-order valence-electron chi connectivity index (χ4n) is 2.65. The van der Waals surface area contributed by atoms with Crippen LogP contribution in [0.15, 0.2) is 42.6 Å². The van der Waals surface area contributed by atoms with E-state index in [0.29, 0.717) is 5.69 Å². The first kappa shape index (κ1) is 14.6. The number of benzene rings is 1. The van der Waals surface area contributed by atoms with Crippen molar-refractivity contribution in [2.75, 3.05) is 18.4 Å². The molecule has 0 aliphatic carbocycles. The van der Waals surface area contributed by atoms with Gasteiger partial charge in [-0.2, -0.15) is 0 Å². The summed E-state index contributed by atoms with van der Waals surface area (Å²) in [7, 11) is 0. The molecular weight excluding hydrogens is 274 g/mol. The van der Waals surface area contributed by atoms with Gasteiger partial charge in [0.25, 0.3) is 5.91 Å². The van der Waals surface area contributed by atoms with Crippen molar-refractivity contribution in [2.45, 2.75) is 26.3 Å². The molecule has 1 aliphatic rings. The van der Waals surface area contributed by atoms with Crippen molar-refractivity contribution in [1.29, 1.82) is 0 Å². The van der Waals surface area contributed by atoms with Crippen LogP contribution in [0.3, 0.4) is 0 Å². The van der Waals surface area contributed by atoms with E-state index in [9.17, 15) is 4.79 Å². The number of likely N-dealkylation sites (tertiary alicyclic amines) is 1. The van der Waals surface area contributed by atoms with Gasteiger partial charge in [-0.05, 0) is 37.5 Å². The lowest BCUT2D eigenvalue weighted by Gasteiger charge is -2.15. The third-order valence-electron chi connectivity index (χ3n) is 3.99. The summed E-state index contributed by atoms with van der Waals surface area (Å²) >= 11 is 0. The van der Waals surface area contributed by atoms with Gasteiger partial charge >= 0.3 is 0 Å². The van der Waals surface area contributed by atoms with Gasteiger partial charge in [0.05, 0.1) is 0 Å². The zero-order chi connectivity index (χ0) is 15.4. The third kappa shape index (κ3) is 3.45. The summed E-state index contributed by atoms with van der Waals surface area (Å²) in [6, 6.07) is 12.2. The van der Waals surface area contributed by atoms with Gasteiger partial charge in [-0.25, -0.2) is 0 Å². The Balaban J connectivity index is 1.65. The number of hydrogen-bond acceptors (Lipinski definition) is 3. The maximum Gasteiger partial charge on any atom is 0.272 e. The van der Waals surface area contributed by atoms with Crippen molar-refractivity contribution < 1.29 is 4.79 Å². The highest BCUT2D eigenvalue weighted by molar-refractivity contribution is 5.93. The Bertz CT molecular complexity index is 646. The number of carbonyl (C=O) groups is 1. The minimum Gasteiger partial charge on any atom is -0.381 e. The monoisotopic (exact) mass is 295 g/mol. The molecule has 1 N–H and O–H groups in total. The van der Waals surface area contributed by atoms with Crippen LogP contribution in [-0.2, 0) is 6.54 Å². The van der Waals surface area contributed by atoms with Crippen molar-refractivity contribution in [2.24, 2.45) is 0 Å². The molecule has 22 heavy (non-hydrogen) atoms. The van der Waals surface area contributed by atoms with Crippen LogP contribution in [0, 0.1) is 6.92 Å². The van der Waals surface area contributed by atoms with E-state index in [1.54, 1.807) is 6.20 Å². The zero-order valence-electron chi connectivity index (χ0n) is 12.9. The smallest absolute Gasteiger partial charge is 0.272 e. The number of rotatable bonds is 4. The zero-order valence-corrected chi connectivity index (χ0v) is 12.9. The van der Waals surface area contributed by atoms with E-state index in [1.165, 1.54) is 11.1 Å². The average Bonchev–Trinajstić information content (AvgIpc) is 3.08. The molecule has 1 amide bonds. The molecule has 0 atom stereocenters. The summed E-state index contributed by atoms with van der Waals surface area (Å²) in [6.45, 7) is 4.51. The molecule has 114 valence electrons. The highest BCUT2D eigenvalue weighted by Crippen LogP contribution is 2.15. The maximum absolute atomic E-state index is 12.3. The molecule has 2 aromatic rings. The second kappa shape index (κ2) is 6.60. The summed E-state index contributed by atoms with van der Waals surface area (Å²) in [5.74, 6) is 0.0384. The second-order valence-corrected chi connectivity index (χ2v) is 5.77. The summed E-state index contributed by atoms with van der Waals surface area (Å²) in [5, 5.41) is 3.36. The van der Waals surface area contributed by atoms with Gasteiger partial charge in [-0.1, -0.05) is 29.8 Å². The van der Waals surface area contributed by atoms with Crippen LogP contribution in [0.2, 0.25) is 0 Å². The minimum absolute atomic E-state index is 0.0384. The molecule has 1 aromatic carbocycles. The quantitative estimate of drug-likeness (QED) is 0.942. The molecule has 1 aliphatic heterocycles. The molecule has 3 rings (SSSR count). The van der Waals surface area contributed by atoms with Crippen LogP contribution in [0.4, 0.5) is 5.69 Å². The van der Waals surface area contributed by atoms with Crippen molar-refractivity contribution in [3.8, 4) is 0 Å². The highest BCUT2D eigenvalue weighted by atomic mass is 16.2. The van der Waals surface area contributed by atoms with E-state index in [4.69, 9.17) is 0 Å². The molecule has 0 saturated carbocycles. The number of aromatic nitrogens is 1. The number of pyridine rings is 1. The fourth-order valence-corrected chi connectivity index (χ4v) is 2.65. The van der Waals surface area contributed by atoms with Crippen molar-refractivity contribution in [1.82, 2.24) is 9.88 Å². The Morgan fingerprint density at radius 3 is 2.64 bits per heavy atom. The molecule has 2 heterocycles. The van der Waals surface area contributed by atoms with Crippen LogP contribution in [0.5, 0.6) is 0 Å². The van der Waals surface area contributed by atoms with Crippen molar-refractivity contribution >= 4 is 11.6 Å². The van der Waals surface area contributed by atoms with Crippen LogP contribution in [-0.4, -0.2) is 28.9 Å². The molecule has 0 unspecified atom stereocenters. The molecule has 1 fully saturated rings. The topological polar surface area (TPSA) is 45.2 Å². The predicted octanol–water partition coefficient (Wildman–Crippen LogP) is 3.24. The van der Waals surface area contributed by atoms with Gasteiger partial charge in [0.15, 0.2) is 0 Å². The lowest BCUT2D eigenvalue weighted by atomic mass is 10.1. The summed E-state index contributed by atoms with van der Waals surface area (Å²) in [4.78, 5) is 18.4. The summed E-state index contributed by atoms with van der Waals surface area (Å²) in [6.07, 6.45) is 3.88. The summed E-state index contributed by atoms with van der Waals surface area (Å²) < 4.78 is 0. The molecule has 0 radical (unpaired) electrons. The van der Waals surface area contributed by atoms with E-state index in [0.717, 1.165) is 38.2 Å². The predicted molar refractivity (Wildman–Crippen MR) is 87.9 cm³/mol. The van der Waals surface area contributed by atoms with Crippen LogP contribution >= 0.6 is 0 Å². The molecule has 1 aromatic heterocycles. The lowest BCUT2D eigenvalue weighted by molar-refractivity contribution is 0.0787. The third-order valence-corrected chi connectivity index (χ3v) is 3.99. The first-order valence-corrected chi connectivity index (χ1v) is 7.77. The van der Waals surface area contributed by atoms with E-state index in [-0.39, 0.29) is 5.91 Å². The molecule has 4 heteroatoms. The molecular formula is C18H21N3O. The molecule has 0 bridgehead atoms. The molecule has 1 saturated heterocycles. The highest BCUT2D eigenvalue weighted by Gasteiger charge is 2.20. The van der Waals surface area contributed by atoms with Gasteiger partial charge in [0, 0.05) is 31.5 Å². The van der Waals surface area contributed by atoms with Crippen molar-refractivity contribution in [3.05, 3.63) is 59.4 Å². The Hall–Kier alpha value is -2.36. The van der Waals surface area contributed by atoms with E-state index in [2.05, 4.69) is 41.5 Å². The number of carbonyl (C=O) groups excluding carboxylic acids is 1. The maximum atomic E-state index is 12.3. The number of anilines is 1. The molecule has 0 spiro atoms. The Morgan fingerprint density at radius 2 is 1.91 bits per heavy atom. The van der Waals surface area contributed by atoms with Gasteiger partial charge in [0.1, 0.15) is 5.69 Å². The SMILES string of the molecule is Cc1ccc(CNc2ccnc(C(=O)N3CCCC3)c2)cc1. The largest absolute Gasteiger partial charge is 0.381 e. The molecule has 4 nitrogen and oxygen atoms in total. The average molecular weight is 295 g/mol. The Morgan fingerprint density at radius 1 is 1.18 bits per heavy atom. The Labute approximate surface area is 131 Å². The first-order chi connectivity index (χ1) is 10.7. The van der Waals surface area contributed by atoms with Gasteiger partial charge in [-0.3, -0.25) is 9.78 Å². The lowest BCUT2D eigenvalue weighted by Crippen LogP contribution is -2.28. The standard InChI is InChI=1S/C18H21N3O/c1-14-4-6-15(7-5-14)13-20-16-8-9-19-17(12-16)18(22)21-10-2-3-11-21/h4-9,12H,2-3,10-11,13H2,1H3,(H,19,20). The number of nitrogens with one attached hydrogen (secondary N) is 1. The minimum atomic E-state index is 0.0384. The number of hydrogen-bond donors (Lipinski definition) is 1. The number of nitrogens with zero attached hydrogens (tertiary/aromatic N) is 2.